The molecule has 142 valence electrons. The van der Waals surface area contributed by atoms with Crippen LogP contribution in [-0.4, -0.2) is 33.7 Å². The summed E-state index contributed by atoms with van der Waals surface area (Å²) in [6.07, 6.45) is 3.92. The van der Waals surface area contributed by atoms with Crippen molar-refractivity contribution < 1.29 is 14.4 Å². The van der Waals surface area contributed by atoms with Crippen molar-refractivity contribution in [3.05, 3.63) is 84.2 Å². The average Bonchev–Trinajstić information content (AvgIpc) is 3.16. The lowest BCUT2D eigenvalue weighted by Crippen LogP contribution is -2.48. The van der Waals surface area contributed by atoms with E-state index in [0.29, 0.717) is 13.0 Å². The number of hydrogen-bond acceptors (Lipinski definition) is 4. The molecule has 2 N–H and O–H groups in total. The van der Waals surface area contributed by atoms with E-state index in [4.69, 9.17) is 5.73 Å². The summed E-state index contributed by atoms with van der Waals surface area (Å²) >= 11 is 0. The van der Waals surface area contributed by atoms with Gasteiger partial charge in [-0.3, -0.25) is 19.3 Å². The quantitative estimate of drug-likeness (QED) is 0.453. The topological polar surface area (TPSA) is 98.3 Å². The first kappa shape index (κ1) is 19.0. The third-order valence-corrected chi connectivity index (χ3v) is 4.39. The maximum Gasteiger partial charge on any atom is 0.287 e. The van der Waals surface area contributed by atoms with Crippen LogP contribution in [0.15, 0.2) is 73.1 Å². The molecule has 7 nitrogen and oxygen atoms in total. The number of ketones is 1. The molecule has 1 heterocycles. The van der Waals surface area contributed by atoms with Gasteiger partial charge in [-0.2, -0.15) is 0 Å². The summed E-state index contributed by atoms with van der Waals surface area (Å²) in [7, 11) is 0. The Morgan fingerprint density at radius 3 is 2.21 bits per heavy atom. The van der Waals surface area contributed by atoms with E-state index < -0.39 is 17.7 Å². The minimum Gasteiger partial charge on any atom is -0.363 e. The van der Waals surface area contributed by atoms with Crippen LogP contribution in [0.2, 0.25) is 0 Å². The summed E-state index contributed by atoms with van der Waals surface area (Å²) in [5.74, 6) is -1.66. The largest absolute Gasteiger partial charge is 0.363 e. The van der Waals surface area contributed by atoms with Crippen molar-refractivity contribution in [2.45, 2.75) is 19.0 Å². The van der Waals surface area contributed by atoms with Gasteiger partial charge in [-0.25, -0.2) is 4.98 Å². The van der Waals surface area contributed by atoms with Gasteiger partial charge < -0.3 is 10.3 Å². The van der Waals surface area contributed by atoms with Crippen molar-refractivity contribution in [2.75, 3.05) is 4.90 Å². The second-order valence-corrected chi connectivity index (χ2v) is 6.29. The first-order valence-electron chi connectivity index (χ1n) is 8.76. The first-order chi connectivity index (χ1) is 13.6. The summed E-state index contributed by atoms with van der Waals surface area (Å²) in [6.45, 7) is 0.462. The highest BCUT2D eigenvalue weighted by atomic mass is 16.2. The van der Waals surface area contributed by atoms with E-state index in [1.165, 1.54) is 4.90 Å². The number of rotatable bonds is 9. The molecule has 1 atom stereocenters. The van der Waals surface area contributed by atoms with Crippen LogP contribution in [0.1, 0.15) is 11.1 Å². The van der Waals surface area contributed by atoms with E-state index in [0.717, 1.165) is 11.1 Å². The SMILES string of the molecule is NC(=O)C(=O)[C@H](Cc1ccccc1)N(C=O)c1nccn1Cc1ccccc1. The molecule has 0 aliphatic rings. The lowest BCUT2D eigenvalue weighted by molar-refractivity contribution is -0.137. The molecule has 0 aliphatic heterocycles. The van der Waals surface area contributed by atoms with Gasteiger partial charge in [0.2, 0.25) is 18.1 Å². The Balaban J connectivity index is 1.94. The van der Waals surface area contributed by atoms with Gasteiger partial charge in [0.05, 0.1) is 6.54 Å². The zero-order valence-electron chi connectivity index (χ0n) is 15.1. The number of benzene rings is 2. The van der Waals surface area contributed by atoms with Crippen LogP contribution in [-0.2, 0) is 27.3 Å². The van der Waals surface area contributed by atoms with Crippen molar-refractivity contribution in [1.82, 2.24) is 9.55 Å². The highest BCUT2D eigenvalue weighted by molar-refractivity contribution is 6.38. The monoisotopic (exact) mass is 376 g/mol. The van der Waals surface area contributed by atoms with Crippen LogP contribution >= 0.6 is 0 Å². The summed E-state index contributed by atoms with van der Waals surface area (Å²) in [6, 6.07) is 17.7. The Bertz CT molecular complexity index is 954. The number of hydrogen-bond donors (Lipinski definition) is 1. The zero-order valence-corrected chi connectivity index (χ0v) is 15.1. The Morgan fingerprint density at radius 2 is 1.64 bits per heavy atom. The van der Waals surface area contributed by atoms with Crippen molar-refractivity contribution >= 4 is 24.0 Å². The molecule has 0 bridgehead atoms. The van der Waals surface area contributed by atoms with Crippen LogP contribution in [0.5, 0.6) is 0 Å². The molecule has 28 heavy (non-hydrogen) atoms. The fourth-order valence-electron chi connectivity index (χ4n) is 3.02. The molecule has 0 saturated heterocycles. The van der Waals surface area contributed by atoms with E-state index in [2.05, 4.69) is 4.98 Å². The second kappa shape index (κ2) is 8.77. The highest BCUT2D eigenvalue weighted by Crippen LogP contribution is 2.19. The Labute approximate surface area is 162 Å². The summed E-state index contributed by atoms with van der Waals surface area (Å²) < 4.78 is 1.75. The van der Waals surface area contributed by atoms with Crippen molar-refractivity contribution in [3.8, 4) is 0 Å². The maximum absolute atomic E-state index is 12.5. The van der Waals surface area contributed by atoms with Crippen LogP contribution < -0.4 is 10.6 Å². The van der Waals surface area contributed by atoms with Gasteiger partial charge in [0.25, 0.3) is 5.91 Å². The van der Waals surface area contributed by atoms with Gasteiger partial charge in [0.1, 0.15) is 6.04 Å². The highest BCUT2D eigenvalue weighted by Gasteiger charge is 2.32. The molecule has 2 amide bonds. The molecule has 1 aromatic heterocycles. The first-order valence-corrected chi connectivity index (χ1v) is 8.76. The molecule has 0 unspecified atom stereocenters. The molecule has 0 radical (unpaired) electrons. The molecule has 2 aromatic carbocycles. The second-order valence-electron chi connectivity index (χ2n) is 6.29. The van der Waals surface area contributed by atoms with Crippen LogP contribution in [0.4, 0.5) is 5.95 Å². The summed E-state index contributed by atoms with van der Waals surface area (Å²) in [4.78, 5) is 41.4. The number of carbonyl (C=O) groups is 3. The van der Waals surface area contributed by atoms with Crippen LogP contribution in [0, 0.1) is 0 Å². The van der Waals surface area contributed by atoms with Crippen molar-refractivity contribution in [2.24, 2.45) is 5.73 Å². The standard InChI is InChI=1S/C21H20N4O3/c22-20(28)19(27)18(13-16-7-3-1-4-8-16)25(15-26)21-23-11-12-24(21)14-17-9-5-2-6-10-17/h1-12,15,18H,13-14H2,(H2,22,28)/t18-/m0/s1. The maximum atomic E-state index is 12.5. The van der Waals surface area contributed by atoms with E-state index in [9.17, 15) is 14.4 Å². The van der Waals surface area contributed by atoms with E-state index in [1.807, 2.05) is 60.7 Å². The van der Waals surface area contributed by atoms with Crippen LogP contribution in [0.25, 0.3) is 0 Å². The van der Waals surface area contributed by atoms with E-state index in [-0.39, 0.29) is 12.4 Å². The summed E-state index contributed by atoms with van der Waals surface area (Å²) in [5, 5.41) is 0. The number of nitrogens with zero attached hydrogens (tertiary/aromatic N) is 3. The minimum atomic E-state index is -1.09. The predicted molar refractivity (Wildman–Crippen MR) is 104 cm³/mol. The number of primary amides is 1. The fraction of sp³-hybridized carbons (Fsp3) is 0.143. The number of Topliss-reactive ketones (excluding diaryl/α,β-unsaturated/α-hetero) is 1. The normalized spacial score (nSPS) is 11.6. The van der Waals surface area contributed by atoms with Crippen LogP contribution in [0.3, 0.4) is 0 Å². The molecule has 0 fully saturated rings. The smallest absolute Gasteiger partial charge is 0.287 e. The molecule has 0 aliphatic carbocycles. The molecule has 0 spiro atoms. The van der Waals surface area contributed by atoms with Crippen molar-refractivity contribution in [1.29, 1.82) is 0 Å². The van der Waals surface area contributed by atoms with Gasteiger partial charge in [0.15, 0.2) is 0 Å². The van der Waals surface area contributed by atoms with E-state index in [1.54, 1.807) is 17.0 Å². The number of carbonyl (C=O) groups excluding carboxylic acids is 3. The average molecular weight is 376 g/mol. The third-order valence-electron chi connectivity index (χ3n) is 4.39. The Kier molecular flexibility index (Phi) is 5.96. The lowest BCUT2D eigenvalue weighted by Gasteiger charge is -2.26. The molecule has 3 aromatic rings. The van der Waals surface area contributed by atoms with Gasteiger partial charge in [0, 0.05) is 18.8 Å². The third kappa shape index (κ3) is 4.32. The van der Waals surface area contributed by atoms with E-state index >= 15 is 0 Å². The van der Waals surface area contributed by atoms with Gasteiger partial charge >= 0.3 is 0 Å². The zero-order chi connectivity index (χ0) is 19.9. The molecule has 3 rings (SSSR count). The molecular weight excluding hydrogens is 356 g/mol. The number of nitrogens with two attached hydrogens (primary N) is 1. The molecule has 7 heteroatoms. The fourth-order valence-corrected chi connectivity index (χ4v) is 3.02. The van der Waals surface area contributed by atoms with Crippen molar-refractivity contribution in [3.63, 3.8) is 0 Å². The lowest BCUT2D eigenvalue weighted by atomic mass is 10.0. The summed E-state index contributed by atoms with van der Waals surface area (Å²) in [5.41, 5.74) is 7.05. The number of amides is 2. The number of aromatic nitrogens is 2. The van der Waals surface area contributed by atoms with Gasteiger partial charge in [-0.05, 0) is 11.1 Å². The van der Waals surface area contributed by atoms with Gasteiger partial charge in [-0.1, -0.05) is 60.7 Å². The minimum absolute atomic E-state index is 0.152. The Morgan fingerprint density at radius 1 is 1.04 bits per heavy atom. The predicted octanol–water partition coefficient (Wildman–Crippen LogP) is 1.56. The van der Waals surface area contributed by atoms with Gasteiger partial charge in [-0.15, -0.1) is 0 Å². The Hall–Kier alpha value is -3.74. The molecule has 0 saturated carbocycles. The number of imidazole rings is 1. The molecular formula is C21H20N4O3. The number of anilines is 1.